The highest BCUT2D eigenvalue weighted by atomic mass is 35.5. The Balaban J connectivity index is 1.56. The lowest BCUT2D eigenvalue weighted by molar-refractivity contribution is 0.0312. The Morgan fingerprint density at radius 1 is 1.46 bits per heavy atom. The number of nitrogens with zero attached hydrogens (tertiary/aromatic N) is 1. The average Bonchev–Trinajstić information content (AvgIpc) is 3.23. The fourth-order valence-electron chi connectivity index (χ4n) is 3.77. The first kappa shape index (κ1) is 15.9. The fourth-order valence-corrected chi connectivity index (χ4v) is 3.95. The maximum atomic E-state index is 12.9. The van der Waals surface area contributed by atoms with Gasteiger partial charge in [-0.3, -0.25) is 4.79 Å². The van der Waals surface area contributed by atoms with Gasteiger partial charge < -0.3 is 18.8 Å². The lowest BCUT2D eigenvalue weighted by atomic mass is 9.82. The van der Waals surface area contributed by atoms with Gasteiger partial charge in [-0.1, -0.05) is 11.6 Å². The van der Waals surface area contributed by atoms with Gasteiger partial charge in [-0.2, -0.15) is 0 Å². The van der Waals surface area contributed by atoms with Crippen LogP contribution in [0.4, 0.5) is 0 Å². The molecule has 24 heavy (non-hydrogen) atoms. The normalized spacial score (nSPS) is 26.2. The molecular formula is C18H20ClNO4. The molecule has 0 radical (unpaired) electrons. The predicted octanol–water partition coefficient (Wildman–Crippen LogP) is 3.21. The topological polar surface area (TPSA) is 51.9 Å². The van der Waals surface area contributed by atoms with E-state index in [2.05, 4.69) is 0 Å². The third-order valence-electron chi connectivity index (χ3n) is 5.09. The number of fused-ring (bicyclic) bond motifs is 2. The van der Waals surface area contributed by atoms with Crippen molar-refractivity contribution in [3.63, 3.8) is 0 Å². The van der Waals surface area contributed by atoms with Crippen molar-refractivity contribution >= 4 is 28.5 Å². The van der Waals surface area contributed by atoms with Crippen molar-refractivity contribution in [3.8, 4) is 0 Å². The molecule has 2 fully saturated rings. The first-order valence-electron chi connectivity index (χ1n) is 8.25. The summed E-state index contributed by atoms with van der Waals surface area (Å²) in [5.41, 5.74) is 0.593. The summed E-state index contributed by atoms with van der Waals surface area (Å²) >= 11 is 6.00. The van der Waals surface area contributed by atoms with Gasteiger partial charge in [0.1, 0.15) is 5.58 Å². The number of hydrogen-bond donors (Lipinski definition) is 0. The molecule has 2 atom stereocenters. The van der Waals surface area contributed by atoms with E-state index in [4.69, 9.17) is 25.5 Å². The Kier molecular flexibility index (Phi) is 4.03. The van der Waals surface area contributed by atoms with Gasteiger partial charge >= 0.3 is 0 Å². The molecule has 1 amide bonds. The molecule has 0 N–H and O–H groups in total. The minimum atomic E-state index is -0.0823. The summed E-state index contributed by atoms with van der Waals surface area (Å²) in [6.07, 6.45) is 0. The number of rotatable bonds is 4. The van der Waals surface area contributed by atoms with Gasteiger partial charge in [0, 0.05) is 41.4 Å². The van der Waals surface area contributed by atoms with E-state index in [9.17, 15) is 4.79 Å². The molecule has 1 aromatic heterocycles. The van der Waals surface area contributed by atoms with Crippen LogP contribution in [0, 0.1) is 11.3 Å². The van der Waals surface area contributed by atoms with Crippen molar-refractivity contribution in [1.82, 2.24) is 4.90 Å². The lowest BCUT2D eigenvalue weighted by Crippen LogP contribution is -2.37. The maximum Gasteiger partial charge on any atom is 0.289 e. The fraction of sp³-hybridized carbons (Fsp3) is 0.500. The van der Waals surface area contributed by atoms with Gasteiger partial charge in [0.05, 0.1) is 19.8 Å². The summed E-state index contributed by atoms with van der Waals surface area (Å²) in [6, 6.07) is 7.12. The van der Waals surface area contributed by atoms with Crippen LogP contribution in [0.5, 0.6) is 0 Å². The maximum absolute atomic E-state index is 12.9. The molecule has 4 rings (SSSR count). The SMILES string of the molecule is CCOC[C@@]12COC[C@@H]1CN(C(=O)c1cc3cc(Cl)ccc3o1)C2. The first-order valence-corrected chi connectivity index (χ1v) is 8.63. The number of benzene rings is 1. The number of carbonyl (C=O) groups is 1. The minimum Gasteiger partial charge on any atom is -0.451 e. The third kappa shape index (κ3) is 2.61. The van der Waals surface area contributed by atoms with E-state index in [1.807, 2.05) is 11.8 Å². The number of carbonyl (C=O) groups excluding carboxylic acids is 1. The monoisotopic (exact) mass is 349 g/mol. The number of ether oxygens (including phenoxy) is 2. The van der Waals surface area contributed by atoms with Crippen molar-refractivity contribution in [2.75, 3.05) is 39.5 Å². The van der Waals surface area contributed by atoms with E-state index in [0.717, 1.165) is 5.39 Å². The highest BCUT2D eigenvalue weighted by molar-refractivity contribution is 6.31. The van der Waals surface area contributed by atoms with E-state index in [1.54, 1.807) is 24.3 Å². The second kappa shape index (κ2) is 6.06. The smallest absolute Gasteiger partial charge is 0.289 e. The van der Waals surface area contributed by atoms with Gasteiger partial charge in [0.15, 0.2) is 5.76 Å². The Labute approximate surface area is 145 Å². The molecule has 6 heteroatoms. The standard InChI is InChI=1S/C18H20ClNO4/c1-2-22-10-18-9-20(7-13(18)8-23-11-18)17(21)16-6-12-5-14(19)3-4-15(12)24-16/h3-6,13H,2,7-11H2,1H3/t13-,18-/m0/s1. The molecule has 128 valence electrons. The van der Waals surface area contributed by atoms with E-state index < -0.39 is 0 Å². The molecule has 3 heterocycles. The summed E-state index contributed by atoms with van der Waals surface area (Å²) < 4.78 is 17.0. The third-order valence-corrected chi connectivity index (χ3v) is 5.33. The Morgan fingerprint density at radius 3 is 3.17 bits per heavy atom. The van der Waals surface area contributed by atoms with Crippen LogP contribution in [-0.4, -0.2) is 50.3 Å². The van der Waals surface area contributed by atoms with Crippen LogP contribution >= 0.6 is 11.6 Å². The summed E-state index contributed by atoms with van der Waals surface area (Å²) in [5.74, 6) is 0.610. The summed E-state index contributed by atoms with van der Waals surface area (Å²) in [5, 5.41) is 1.48. The largest absolute Gasteiger partial charge is 0.451 e. The van der Waals surface area contributed by atoms with Crippen molar-refractivity contribution in [2.24, 2.45) is 11.3 Å². The first-order chi connectivity index (χ1) is 11.6. The number of hydrogen-bond acceptors (Lipinski definition) is 4. The van der Waals surface area contributed by atoms with Crippen LogP contribution in [0.1, 0.15) is 17.5 Å². The molecule has 1 aromatic carbocycles. The predicted molar refractivity (Wildman–Crippen MR) is 90.4 cm³/mol. The quantitative estimate of drug-likeness (QED) is 0.850. The molecule has 2 aromatic rings. The number of halogens is 1. The van der Waals surface area contributed by atoms with E-state index in [1.165, 1.54) is 0 Å². The summed E-state index contributed by atoms with van der Waals surface area (Å²) in [6.45, 7) is 5.96. The molecule has 5 nitrogen and oxygen atoms in total. The second-order valence-corrected chi connectivity index (χ2v) is 7.13. The zero-order valence-corrected chi connectivity index (χ0v) is 14.3. The molecule has 0 bridgehead atoms. The molecule has 2 aliphatic heterocycles. The molecule has 0 unspecified atom stereocenters. The van der Waals surface area contributed by atoms with Gasteiger partial charge in [-0.05, 0) is 31.2 Å². The number of amides is 1. The number of likely N-dealkylation sites (tertiary alicyclic amines) is 1. The van der Waals surface area contributed by atoms with Crippen molar-refractivity contribution in [3.05, 3.63) is 35.0 Å². The molecule has 2 aliphatic rings. The Morgan fingerprint density at radius 2 is 2.33 bits per heavy atom. The van der Waals surface area contributed by atoms with Crippen LogP contribution < -0.4 is 0 Å². The van der Waals surface area contributed by atoms with E-state index in [-0.39, 0.29) is 11.3 Å². The van der Waals surface area contributed by atoms with Crippen molar-refractivity contribution in [1.29, 1.82) is 0 Å². The Hall–Kier alpha value is -1.56. The van der Waals surface area contributed by atoms with Crippen molar-refractivity contribution < 1.29 is 18.7 Å². The van der Waals surface area contributed by atoms with Gasteiger partial charge in [-0.25, -0.2) is 0 Å². The lowest BCUT2D eigenvalue weighted by Gasteiger charge is -2.26. The highest BCUT2D eigenvalue weighted by Crippen LogP contribution is 2.42. The number of furan rings is 1. The zero-order valence-electron chi connectivity index (χ0n) is 13.6. The summed E-state index contributed by atoms with van der Waals surface area (Å²) in [4.78, 5) is 14.7. The van der Waals surface area contributed by atoms with Crippen LogP contribution in [-0.2, 0) is 9.47 Å². The van der Waals surface area contributed by atoms with Crippen LogP contribution in [0.2, 0.25) is 5.02 Å². The highest BCUT2D eigenvalue weighted by Gasteiger charge is 2.52. The summed E-state index contributed by atoms with van der Waals surface area (Å²) in [7, 11) is 0. The molecule has 0 aliphatic carbocycles. The minimum absolute atomic E-state index is 0.0763. The Bertz CT molecular complexity index is 773. The van der Waals surface area contributed by atoms with E-state index in [0.29, 0.717) is 61.8 Å². The molecule has 0 spiro atoms. The molecule has 0 saturated carbocycles. The van der Waals surface area contributed by atoms with Crippen molar-refractivity contribution in [2.45, 2.75) is 6.92 Å². The second-order valence-electron chi connectivity index (χ2n) is 6.69. The van der Waals surface area contributed by atoms with Crippen LogP contribution in [0.25, 0.3) is 11.0 Å². The molecular weight excluding hydrogens is 330 g/mol. The van der Waals surface area contributed by atoms with Crippen LogP contribution in [0.3, 0.4) is 0 Å². The average molecular weight is 350 g/mol. The van der Waals surface area contributed by atoms with Crippen LogP contribution in [0.15, 0.2) is 28.7 Å². The van der Waals surface area contributed by atoms with Gasteiger partial charge in [0.25, 0.3) is 5.91 Å². The molecule has 2 saturated heterocycles. The van der Waals surface area contributed by atoms with Gasteiger partial charge in [-0.15, -0.1) is 0 Å². The van der Waals surface area contributed by atoms with Gasteiger partial charge in [0.2, 0.25) is 0 Å². The zero-order chi connectivity index (χ0) is 16.7. The van der Waals surface area contributed by atoms with E-state index >= 15 is 0 Å².